The van der Waals surface area contributed by atoms with E-state index in [2.05, 4.69) is 21.7 Å². The van der Waals surface area contributed by atoms with E-state index in [4.69, 9.17) is 4.74 Å². The Labute approximate surface area is 150 Å². The number of benzene rings is 1. The zero-order valence-corrected chi connectivity index (χ0v) is 14.9. The number of thiophene rings is 1. The quantitative estimate of drug-likeness (QED) is 0.805. The molecule has 1 aliphatic heterocycles. The number of carbonyl (C=O) groups excluding carboxylic acids is 1. The van der Waals surface area contributed by atoms with Crippen molar-refractivity contribution in [1.29, 1.82) is 0 Å². The van der Waals surface area contributed by atoms with Crippen LogP contribution in [-0.2, 0) is 17.8 Å². The fourth-order valence-corrected chi connectivity index (χ4v) is 3.74. The number of hydrogen-bond donors (Lipinski definition) is 1. The third-order valence-corrected chi connectivity index (χ3v) is 5.24. The summed E-state index contributed by atoms with van der Waals surface area (Å²) in [6, 6.07) is 6.77. The standard InChI is InChI=1S/C19H21FN2O2S/c1-24-17-4-2-14(12-16(17)20)3-5-19(23)21-8-10-22-9-6-18-15(13-22)7-11-25-18/h2-5,7,11-12H,6,8-10,13H2,1H3,(H,21,23). The first-order chi connectivity index (χ1) is 12.2. The first kappa shape index (κ1) is 17.6. The lowest BCUT2D eigenvalue weighted by molar-refractivity contribution is -0.116. The Morgan fingerprint density at radius 1 is 1.44 bits per heavy atom. The molecule has 25 heavy (non-hydrogen) atoms. The average Bonchev–Trinajstić information content (AvgIpc) is 3.08. The van der Waals surface area contributed by atoms with E-state index in [1.54, 1.807) is 18.2 Å². The molecule has 132 valence electrons. The van der Waals surface area contributed by atoms with Crippen molar-refractivity contribution < 1.29 is 13.9 Å². The molecule has 0 radical (unpaired) electrons. The summed E-state index contributed by atoms with van der Waals surface area (Å²) in [6.45, 7) is 3.41. The van der Waals surface area contributed by atoms with Crippen LogP contribution in [-0.4, -0.2) is 37.6 Å². The molecule has 1 amide bonds. The second kappa shape index (κ2) is 8.27. The first-order valence-electron chi connectivity index (χ1n) is 8.23. The molecule has 0 saturated heterocycles. The van der Waals surface area contributed by atoms with Crippen LogP contribution in [0.1, 0.15) is 16.0 Å². The Bertz CT molecular complexity index is 773. The summed E-state index contributed by atoms with van der Waals surface area (Å²) >= 11 is 1.82. The van der Waals surface area contributed by atoms with Gasteiger partial charge in [0.25, 0.3) is 0 Å². The van der Waals surface area contributed by atoms with E-state index in [9.17, 15) is 9.18 Å². The highest BCUT2D eigenvalue weighted by molar-refractivity contribution is 7.10. The maximum Gasteiger partial charge on any atom is 0.244 e. The number of nitrogens with one attached hydrogen (secondary N) is 1. The molecule has 1 aromatic carbocycles. The molecule has 3 rings (SSSR count). The van der Waals surface area contributed by atoms with E-state index in [0.717, 1.165) is 26.1 Å². The van der Waals surface area contributed by atoms with Crippen LogP contribution in [0.15, 0.2) is 35.7 Å². The number of fused-ring (bicyclic) bond motifs is 1. The minimum atomic E-state index is -0.442. The number of carbonyl (C=O) groups is 1. The summed E-state index contributed by atoms with van der Waals surface area (Å²) in [5.74, 6) is -0.427. The lowest BCUT2D eigenvalue weighted by Gasteiger charge is -2.26. The van der Waals surface area contributed by atoms with Crippen LogP contribution in [0.25, 0.3) is 6.08 Å². The molecule has 1 aliphatic rings. The topological polar surface area (TPSA) is 41.6 Å². The van der Waals surface area contributed by atoms with Gasteiger partial charge < -0.3 is 10.1 Å². The van der Waals surface area contributed by atoms with Gasteiger partial charge in [0.15, 0.2) is 11.6 Å². The zero-order valence-electron chi connectivity index (χ0n) is 14.1. The van der Waals surface area contributed by atoms with Crippen molar-refractivity contribution in [1.82, 2.24) is 10.2 Å². The van der Waals surface area contributed by atoms with E-state index in [1.165, 1.54) is 29.7 Å². The number of halogens is 1. The van der Waals surface area contributed by atoms with Gasteiger partial charge in [-0.25, -0.2) is 4.39 Å². The highest BCUT2D eigenvalue weighted by Crippen LogP contribution is 2.23. The highest BCUT2D eigenvalue weighted by Gasteiger charge is 2.16. The maximum absolute atomic E-state index is 13.6. The Hall–Kier alpha value is -2.18. The minimum absolute atomic E-state index is 0.176. The van der Waals surface area contributed by atoms with Crippen LogP contribution in [0.4, 0.5) is 4.39 Å². The van der Waals surface area contributed by atoms with E-state index >= 15 is 0 Å². The Morgan fingerprint density at radius 2 is 2.32 bits per heavy atom. The summed E-state index contributed by atoms with van der Waals surface area (Å²) in [6.07, 6.45) is 4.11. The smallest absolute Gasteiger partial charge is 0.244 e. The summed E-state index contributed by atoms with van der Waals surface area (Å²) in [7, 11) is 1.42. The molecule has 0 saturated carbocycles. The second-order valence-corrected chi connectivity index (χ2v) is 6.91. The Kier molecular flexibility index (Phi) is 5.83. The number of rotatable bonds is 6. The van der Waals surface area contributed by atoms with Gasteiger partial charge in [-0.05, 0) is 47.2 Å². The predicted octanol–water partition coefficient (Wildman–Crippen LogP) is 3.08. The van der Waals surface area contributed by atoms with Crippen molar-refractivity contribution in [3.05, 3.63) is 57.5 Å². The number of hydrogen-bond acceptors (Lipinski definition) is 4. The summed E-state index contributed by atoms with van der Waals surface area (Å²) < 4.78 is 18.5. The molecule has 0 bridgehead atoms. The van der Waals surface area contributed by atoms with Gasteiger partial charge >= 0.3 is 0 Å². The van der Waals surface area contributed by atoms with Crippen LogP contribution in [0.2, 0.25) is 0 Å². The molecule has 1 N–H and O–H groups in total. The normalized spacial score (nSPS) is 14.5. The SMILES string of the molecule is COc1ccc(C=CC(=O)NCCN2CCc3sccc3C2)cc1F. The molecule has 0 atom stereocenters. The molecule has 0 spiro atoms. The van der Waals surface area contributed by atoms with Crippen LogP contribution >= 0.6 is 11.3 Å². The molecule has 2 aromatic rings. The Morgan fingerprint density at radius 3 is 3.12 bits per heavy atom. The largest absolute Gasteiger partial charge is 0.494 e. The van der Waals surface area contributed by atoms with Crippen LogP contribution < -0.4 is 10.1 Å². The van der Waals surface area contributed by atoms with Crippen molar-refractivity contribution in [2.75, 3.05) is 26.7 Å². The second-order valence-electron chi connectivity index (χ2n) is 5.91. The van der Waals surface area contributed by atoms with Crippen molar-refractivity contribution in [3.63, 3.8) is 0 Å². The van der Waals surface area contributed by atoms with Crippen LogP contribution in [0, 0.1) is 5.82 Å². The van der Waals surface area contributed by atoms with Crippen molar-refractivity contribution in [2.45, 2.75) is 13.0 Å². The van der Waals surface area contributed by atoms with Gasteiger partial charge in [0.1, 0.15) is 0 Å². The molecule has 1 aromatic heterocycles. The monoisotopic (exact) mass is 360 g/mol. The van der Waals surface area contributed by atoms with E-state index < -0.39 is 5.82 Å². The molecule has 4 nitrogen and oxygen atoms in total. The van der Waals surface area contributed by atoms with Gasteiger partial charge in [-0.1, -0.05) is 6.07 Å². The molecular weight excluding hydrogens is 339 g/mol. The molecule has 6 heteroatoms. The highest BCUT2D eigenvalue weighted by atomic mass is 32.1. The number of nitrogens with zero attached hydrogens (tertiary/aromatic N) is 1. The fraction of sp³-hybridized carbons (Fsp3) is 0.316. The van der Waals surface area contributed by atoms with Crippen molar-refractivity contribution in [3.8, 4) is 5.75 Å². The van der Waals surface area contributed by atoms with Gasteiger partial charge in [0.05, 0.1) is 7.11 Å². The number of amides is 1. The van der Waals surface area contributed by atoms with Crippen molar-refractivity contribution >= 4 is 23.3 Å². The maximum atomic E-state index is 13.6. The molecule has 2 heterocycles. The third-order valence-electron chi connectivity index (χ3n) is 4.22. The van der Waals surface area contributed by atoms with Crippen LogP contribution in [0.3, 0.4) is 0 Å². The zero-order chi connectivity index (χ0) is 17.6. The predicted molar refractivity (Wildman–Crippen MR) is 98.3 cm³/mol. The molecule has 0 fully saturated rings. The van der Waals surface area contributed by atoms with E-state index in [-0.39, 0.29) is 11.7 Å². The first-order valence-corrected chi connectivity index (χ1v) is 9.11. The number of ether oxygens (including phenoxy) is 1. The number of methoxy groups -OCH3 is 1. The summed E-state index contributed by atoms with van der Waals surface area (Å²) in [5.41, 5.74) is 2.03. The molecule has 0 aliphatic carbocycles. The van der Waals surface area contributed by atoms with E-state index in [1.807, 2.05) is 11.3 Å². The van der Waals surface area contributed by atoms with Gasteiger partial charge in [0, 0.05) is 37.1 Å². The lowest BCUT2D eigenvalue weighted by atomic mass is 10.1. The van der Waals surface area contributed by atoms with Gasteiger partial charge in [0.2, 0.25) is 5.91 Å². The fourth-order valence-electron chi connectivity index (χ4n) is 2.85. The molecular formula is C19H21FN2O2S. The van der Waals surface area contributed by atoms with Gasteiger partial charge in [-0.15, -0.1) is 11.3 Å². The lowest BCUT2D eigenvalue weighted by Crippen LogP contribution is -2.37. The van der Waals surface area contributed by atoms with Gasteiger partial charge in [-0.3, -0.25) is 9.69 Å². The third kappa shape index (κ3) is 4.67. The summed E-state index contributed by atoms with van der Waals surface area (Å²) in [4.78, 5) is 15.7. The Balaban J connectivity index is 1.43. The summed E-state index contributed by atoms with van der Waals surface area (Å²) in [5, 5.41) is 5.01. The van der Waals surface area contributed by atoms with E-state index in [0.29, 0.717) is 12.1 Å². The molecule has 0 unspecified atom stereocenters. The van der Waals surface area contributed by atoms with Crippen molar-refractivity contribution in [2.24, 2.45) is 0 Å². The van der Waals surface area contributed by atoms with Crippen LogP contribution in [0.5, 0.6) is 5.75 Å². The van der Waals surface area contributed by atoms with Gasteiger partial charge in [-0.2, -0.15) is 0 Å². The average molecular weight is 360 g/mol. The minimum Gasteiger partial charge on any atom is -0.494 e.